The highest BCUT2D eigenvalue weighted by Crippen LogP contribution is 2.01. The number of amides is 2. The highest BCUT2D eigenvalue weighted by Gasteiger charge is 1.97. The molecule has 0 aliphatic heterocycles. The lowest BCUT2D eigenvalue weighted by molar-refractivity contribution is -0.121. The Kier molecular flexibility index (Phi) is 11.2. The van der Waals surface area contributed by atoms with Crippen LogP contribution in [0.25, 0.3) is 0 Å². The van der Waals surface area contributed by atoms with Crippen molar-refractivity contribution in [2.24, 2.45) is 0 Å². The molecule has 4 nitrogen and oxygen atoms in total. The van der Waals surface area contributed by atoms with Gasteiger partial charge in [0.1, 0.15) is 5.88 Å². The molecule has 0 heterocycles. The van der Waals surface area contributed by atoms with E-state index in [-0.39, 0.29) is 17.7 Å². The third-order valence-electron chi connectivity index (χ3n) is 2.44. The average molecular weight is 263 g/mol. The molecule has 0 aliphatic carbocycles. The van der Waals surface area contributed by atoms with Gasteiger partial charge >= 0.3 is 0 Å². The van der Waals surface area contributed by atoms with Gasteiger partial charge in [0.25, 0.3) is 0 Å². The number of halogens is 1. The second kappa shape index (κ2) is 11.7. The van der Waals surface area contributed by atoms with Crippen LogP contribution in [-0.4, -0.2) is 30.8 Å². The van der Waals surface area contributed by atoms with E-state index in [1.54, 1.807) is 0 Å². The molecule has 100 valence electrons. The predicted octanol–water partition coefficient (Wildman–Crippen LogP) is 1.82. The number of hydrogen-bond acceptors (Lipinski definition) is 2. The average Bonchev–Trinajstić information content (AvgIpc) is 2.35. The minimum atomic E-state index is -0.103. The topological polar surface area (TPSA) is 58.2 Å². The van der Waals surface area contributed by atoms with Gasteiger partial charge < -0.3 is 10.6 Å². The molecule has 0 saturated carbocycles. The fourth-order valence-corrected chi connectivity index (χ4v) is 1.50. The Labute approximate surface area is 108 Å². The fraction of sp³-hybridized carbons (Fsp3) is 0.833. The summed E-state index contributed by atoms with van der Waals surface area (Å²) in [6, 6.07) is 0. The number of nitrogens with one attached hydrogen (secondary N) is 2. The standard InChI is InChI=1S/C12H23ClN2O2/c1-2-11(16)14-8-6-4-3-5-7-9-15-12(17)10-13/h2-10H2,1H3,(H,14,16)(H,15,17). The van der Waals surface area contributed by atoms with Gasteiger partial charge in [-0.1, -0.05) is 26.2 Å². The second-order valence-corrected chi connectivity index (χ2v) is 4.22. The number of alkyl halides is 1. The van der Waals surface area contributed by atoms with Crippen molar-refractivity contribution in [3.63, 3.8) is 0 Å². The van der Waals surface area contributed by atoms with E-state index in [4.69, 9.17) is 11.6 Å². The normalized spacial score (nSPS) is 10.0. The Morgan fingerprint density at radius 3 is 1.82 bits per heavy atom. The first kappa shape index (κ1) is 16.2. The second-order valence-electron chi connectivity index (χ2n) is 3.95. The molecule has 17 heavy (non-hydrogen) atoms. The smallest absolute Gasteiger partial charge is 0.234 e. The number of unbranched alkanes of at least 4 members (excludes halogenated alkanes) is 4. The summed E-state index contributed by atoms with van der Waals surface area (Å²) in [5, 5.41) is 5.58. The highest BCUT2D eigenvalue weighted by molar-refractivity contribution is 6.27. The molecule has 0 aromatic heterocycles. The lowest BCUT2D eigenvalue weighted by Gasteiger charge is -2.04. The molecule has 0 radical (unpaired) electrons. The molecular weight excluding hydrogens is 240 g/mol. The molecule has 0 unspecified atom stereocenters. The zero-order valence-electron chi connectivity index (χ0n) is 10.6. The van der Waals surface area contributed by atoms with Crippen molar-refractivity contribution in [2.45, 2.75) is 45.4 Å². The van der Waals surface area contributed by atoms with E-state index in [0.29, 0.717) is 13.0 Å². The Morgan fingerprint density at radius 1 is 0.882 bits per heavy atom. The summed E-state index contributed by atoms with van der Waals surface area (Å²) in [5.74, 6) is 0.0552. The van der Waals surface area contributed by atoms with E-state index in [1.165, 1.54) is 0 Å². The molecule has 2 amide bonds. The molecule has 0 aromatic carbocycles. The summed E-state index contributed by atoms with van der Waals surface area (Å²) < 4.78 is 0. The highest BCUT2D eigenvalue weighted by atomic mass is 35.5. The van der Waals surface area contributed by atoms with Gasteiger partial charge in [-0.25, -0.2) is 0 Å². The number of carbonyl (C=O) groups excluding carboxylic acids is 2. The summed E-state index contributed by atoms with van der Waals surface area (Å²) >= 11 is 5.34. The Bertz CT molecular complexity index is 201. The minimum Gasteiger partial charge on any atom is -0.356 e. The summed E-state index contributed by atoms with van der Waals surface area (Å²) in [6.45, 7) is 3.33. The molecule has 0 aliphatic rings. The first-order chi connectivity index (χ1) is 8.20. The van der Waals surface area contributed by atoms with E-state index in [1.807, 2.05) is 6.92 Å². The summed E-state index contributed by atoms with van der Waals surface area (Å²) in [4.78, 5) is 21.7. The number of rotatable bonds is 10. The van der Waals surface area contributed by atoms with Crippen molar-refractivity contribution >= 4 is 23.4 Å². The Balaban J connectivity index is 3.08. The maximum absolute atomic E-state index is 10.9. The lowest BCUT2D eigenvalue weighted by Crippen LogP contribution is -2.25. The third-order valence-corrected chi connectivity index (χ3v) is 2.68. The van der Waals surface area contributed by atoms with Gasteiger partial charge in [-0.15, -0.1) is 11.6 Å². The lowest BCUT2D eigenvalue weighted by atomic mass is 10.1. The molecule has 0 atom stereocenters. The van der Waals surface area contributed by atoms with Crippen LogP contribution in [0, 0.1) is 0 Å². The maximum atomic E-state index is 10.9. The van der Waals surface area contributed by atoms with E-state index in [0.717, 1.165) is 38.6 Å². The van der Waals surface area contributed by atoms with Crippen LogP contribution in [0.15, 0.2) is 0 Å². The first-order valence-electron chi connectivity index (χ1n) is 6.30. The van der Waals surface area contributed by atoms with Crippen molar-refractivity contribution in [2.75, 3.05) is 19.0 Å². The third kappa shape index (κ3) is 11.5. The van der Waals surface area contributed by atoms with Gasteiger partial charge in [-0.05, 0) is 12.8 Å². The Morgan fingerprint density at radius 2 is 1.35 bits per heavy atom. The summed E-state index contributed by atoms with van der Waals surface area (Å²) in [6.07, 6.45) is 5.93. The summed E-state index contributed by atoms with van der Waals surface area (Å²) in [7, 11) is 0. The fourth-order valence-electron chi connectivity index (χ4n) is 1.41. The number of hydrogen-bond donors (Lipinski definition) is 2. The van der Waals surface area contributed by atoms with Crippen LogP contribution in [0.2, 0.25) is 0 Å². The van der Waals surface area contributed by atoms with Crippen LogP contribution >= 0.6 is 11.6 Å². The van der Waals surface area contributed by atoms with Crippen LogP contribution in [0.3, 0.4) is 0 Å². The predicted molar refractivity (Wildman–Crippen MR) is 70.1 cm³/mol. The molecule has 0 fully saturated rings. The molecular formula is C12H23ClN2O2. The van der Waals surface area contributed by atoms with Crippen molar-refractivity contribution in [1.82, 2.24) is 10.6 Å². The van der Waals surface area contributed by atoms with Crippen LogP contribution in [-0.2, 0) is 9.59 Å². The van der Waals surface area contributed by atoms with Gasteiger partial charge in [0.05, 0.1) is 0 Å². The van der Waals surface area contributed by atoms with Gasteiger partial charge in [0, 0.05) is 19.5 Å². The van der Waals surface area contributed by atoms with E-state index >= 15 is 0 Å². The largest absolute Gasteiger partial charge is 0.356 e. The first-order valence-corrected chi connectivity index (χ1v) is 6.83. The van der Waals surface area contributed by atoms with E-state index in [9.17, 15) is 9.59 Å². The van der Waals surface area contributed by atoms with Gasteiger partial charge in [0.2, 0.25) is 11.8 Å². The molecule has 0 aromatic rings. The van der Waals surface area contributed by atoms with Crippen molar-refractivity contribution in [1.29, 1.82) is 0 Å². The van der Waals surface area contributed by atoms with E-state index < -0.39 is 0 Å². The zero-order valence-corrected chi connectivity index (χ0v) is 11.3. The minimum absolute atomic E-state index is 0.0388. The van der Waals surface area contributed by atoms with Crippen molar-refractivity contribution in [3.05, 3.63) is 0 Å². The quantitative estimate of drug-likeness (QED) is 0.466. The SMILES string of the molecule is CCC(=O)NCCCCCCCNC(=O)CCl. The maximum Gasteiger partial charge on any atom is 0.234 e. The van der Waals surface area contributed by atoms with Crippen LogP contribution in [0.5, 0.6) is 0 Å². The molecule has 0 rings (SSSR count). The zero-order chi connectivity index (χ0) is 12.9. The van der Waals surface area contributed by atoms with Crippen molar-refractivity contribution < 1.29 is 9.59 Å². The van der Waals surface area contributed by atoms with Gasteiger partial charge in [-0.2, -0.15) is 0 Å². The molecule has 0 saturated heterocycles. The molecule has 0 spiro atoms. The Hall–Kier alpha value is -0.770. The van der Waals surface area contributed by atoms with Gasteiger partial charge in [0.15, 0.2) is 0 Å². The van der Waals surface area contributed by atoms with Gasteiger partial charge in [-0.3, -0.25) is 9.59 Å². The molecule has 2 N–H and O–H groups in total. The van der Waals surface area contributed by atoms with E-state index in [2.05, 4.69) is 10.6 Å². The monoisotopic (exact) mass is 262 g/mol. The molecule has 5 heteroatoms. The van der Waals surface area contributed by atoms with Crippen LogP contribution < -0.4 is 10.6 Å². The van der Waals surface area contributed by atoms with Crippen molar-refractivity contribution in [3.8, 4) is 0 Å². The number of carbonyl (C=O) groups is 2. The van der Waals surface area contributed by atoms with Crippen LogP contribution in [0.4, 0.5) is 0 Å². The summed E-state index contributed by atoms with van der Waals surface area (Å²) in [5.41, 5.74) is 0. The van der Waals surface area contributed by atoms with Crippen LogP contribution in [0.1, 0.15) is 45.4 Å². The molecule has 0 bridgehead atoms.